The molecule has 1 amide bonds. The largest absolute Gasteiger partial charge is 0.323 e. The second-order valence-corrected chi connectivity index (χ2v) is 7.48. The van der Waals surface area contributed by atoms with Crippen molar-refractivity contribution in [3.8, 4) is 5.69 Å². The van der Waals surface area contributed by atoms with Gasteiger partial charge in [0.25, 0.3) is 0 Å². The van der Waals surface area contributed by atoms with Crippen LogP contribution in [-0.4, -0.2) is 20.7 Å². The molecule has 27 heavy (non-hydrogen) atoms. The van der Waals surface area contributed by atoms with Gasteiger partial charge in [-0.1, -0.05) is 23.9 Å². The van der Waals surface area contributed by atoms with Gasteiger partial charge in [-0.25, -0.2) is 13.8 Å². The average Bonchev–Trinajstić information content (AvgIpc) is 3.07. The summed E-state index contributed by atoms with van der Waals surface area (Å²) in [7, 11) is 0. The number of amides is 1. The van der Waals surface area contributed by atoms with E-state index in [1.54, 1.807) is 13.1 Å². The van der Waals surface area contributed by atoms with E-state index in [1.165, 1.54) is 17.8 Å². The molecule has 2 aromatic carbocycles. The normalized spacial score (nSPS) is 12.0. The number of anilines is 1. The highest BCUT2D eigenvalue weighted by molar-refractivity contribution is 8.00. The number of halogens is 2. The zero-order valence-corrected chi connectivity index (χ0v) is 16.0. The third-order valence-corrected chi connectivity index (χ3v) is 5.36. The molecule has 0 bridgehead atoms. The number of carbonyl (C=O) groups is 1. The number of hydrogen-bond acceptors (Lipinski definition) is 3. The van der Waals surface area contributed by atoms with E-state index in [0.717, 1.165) is 28.9 Å². The second kappa shape index (κ2) is 7.92. The third-order valence-electron chi connectivity index (χ3n) is 4.28. The summed E-state index contributed by atoms with van der Waals surface area (Å²) in [6.45, 7) is 5.78. The summed E-state index contributed by atoms with van der Waals surface area (Å²) >= 11 is 1.27. The first-order valence-electron chi connectivity index (χ1n) is 8.39. The van der Waals surface area contributed by atoms with E-state index in [-0.39, 0.29) is 11.6 Å². The van der Waals surface area contributed by atoms with E-state index in [4.69, 9.17) is 0 Å². The van der Waals surface area contributed by atoms with Crippen LogP contribution in [0.4, 0.5) is 14.5 Å². The number of carbonyl (C=O) groups excluding carboxylic acids is 1. The predicted molar refractivity (Wildman–Crippen MR) is 103 cm³/mol. The zero-order chi connectivity index (χ0) is 19.6. The van der Waals surface area contributed by atoms with Crippen LogP contribution in [0.15, 0.2) is 53.9 Å². The number of benzene rings is 2. The van der Waals surface area contributed by atoms with Crippen molar-refractivity contribution < 1.29 is 13.6 Å². The number of thioether (sulfide) groups is 1. The van der Waals surface area contributed by atoms with Crippen molar-refractivity contribution in [3.63, 3.8) is 0 Å². The lowest BCUT2D eigenvalue weighted by molar-refractivity contribution is -0.115. The summed E-state index contributed by atoms with van der Waals surface area (Å²) in [5.74, 6) is -1.89. The van der Waals surface area contributed by atoms with E-state index in [1.807, 2.05) is 42.8 Å². The van der Waals surface area contributed by atoms with Gasteiger partial charge < -0.3 is 5.32 Å². The van der Waals surface area contributed by atoms with Crippen molar-refractivity contribution in [2.75, 3.05) is 5.32 Å². The Kier molecular flexibility index (Phi) is 5.60. The van der Waals surface area contributed by atoms with Crippen LogP contribution in [-0.2, 0) is 4.79 Å². The summed E-state index contributed by atoms with van der Waals surface area (Å²) in [4.78, 5) is 16.8. The Morgan fingerprint density at radius 1 is 1.22 bits per heavy atom. The Hall–Kier alpha value is -2.67. The van der Waals surface area contributed by atoms with Crippen molar-refractivity contribution in [3.05, 3.63) is 71.6 Å². The molecule has 1 atom stereocenters. The predicted octanol–water partition coefficient (Wildman–Crippen LogP) is 4.89. The van der Waals surface area contributed by atoms with Gasteiger partial charge >= 0.3 is 0 Å². The first-order chi connectivity index (χ1) is 12.9. The molecule has 1 aromatic heterocycles. The summed E-state index contributed by atoms with van der Waals surface area (Å²) in [5.41, 5.74) is 3.23. The number of aryl methyl sites for hydroxylation is 1. The van der Waals surface area contributed by atoms with Crippen LogP contribution >= 0.6 is 11.8 Å². The van der Waals surface area contributed by atoms with E-state index < -0.39 is 16.9 Å². The van der Waals surface area contributed by atoms with Gasteiger partial charge in [-0.3, -0.25) is 9.36 Å². The molecular weight excluding hydrogens is 368 g/mol. The van der Waals surface area contributed by atoms with Crippen molar-refractivity contribution in [1.29, 1.82) is 0 Å². The summed E-state index contributed by atoms with van der Waals surface area (Å²) in [5, 5.41) is 2.62. The maximum atomic E-state index is 13.7. The maximum absolute atomic E-state index is 13.7. The molecule has 140 valence electrons. The molecule has 0 spiro atoms. The van der Waals surface area contributed by atoms with Crippen LogP contribution in [0.5, 0.6) is 0 Å². The van der Waals surface area contributed by atoms with Crippen molar-refractivity contribution in [2.24, 2.45) is 0 Å². The number of nitrogens with zero attached hydrogens (tertiary/aromatic N) is 2. The Morgan fingerprint density at radius 2 is 2.00 bits per heavy atom. The first kappa shape index (κ1) is 19.1. The minimum Gasteiger partial charge on any atom is -0.323 e. The van der Waals surface area contributed by atoms with Gasteiger partial charge in [0.1, 0.15) is 11.6 Å². The number of rotatable bonds is 5. The van der Waals surface area contributed by atoms with Crippen LogP contribution < -0.4 is 5.32 Å². The van der Waals surface area contributed by atoms with Gasteiger partial charge in [0.05, 0.1) is 16.6 Å². The molecule has 0 saturated heterocycles. The molecule has 7 heteroatoms. The minimum atomic E-state index is -0.808. The third kappa shape index (κ3) is 4.19. The molecular formula is C20H19F2N3OS. The minimum absolute atomic E-state index is 0.0493. The standard InChI is InChI=1S/C20H19F2N3OS/c1-12-5-4-6-18(13(12)2)25-10-9-23-20(25)27-14(3)19(26)24-17-8-7-15(21)11-16(17)22/h4-11,14H,1-3H3,(H,24,26)/t14-/m0/s1. The molecule has 3 rings (SSSR count). The van der Waals surface area contributed by atoms with E-state index in [0.29, 0.717) is 5.16 Å². The molecule has 4 nitrogen and oxygen atoms in total. The van der Waals surface area contributed by atoms with E-state index in [9.17, 15) is 13.6 Å². The molecule has 0 aliphatic carbocycles. The molecule has 0 aliphatic heterocycles. The fourth-order valence-electron chi connectivity index (χ4n) is 2.59. The van der Waals surface area contributed by atoms with Gasteiger partial charge in [-0.05, 0) is 50.1 Å². The molecule has 0 saturated carbocycles. The quantitative estimate of drug-likeness (QED) is 0.634. The number of nitrogens with one attached hydrogen (secondary N) is 1. The lowest BCUT2D eigenvalue weighted by Crippen LogP contribution is -2.23. The average molecular weight is 387 g/mol. The van der Waals surface area contributed by atoms with Gasteiger partial charge in [-0.2, -0.15) is 0 Å². The molecule has 3 aromatic rings. The van der Waals surface area contributed by atoms with Gasteiger partial charge in [-0.15, -0.1) is 0 Å². The molecule has 0 aliphatic rings. The lowest BCUT2D eigenvalue weighted by atomic mass is 10.1. The van der Waals surface area contributed by atoms with Crippen LogP contribution in [0.2, 0.25) is 0 Å². The number of aromatic nitrogens is 2. The maximum Gasteiger partial charge on any atom is 0.237 e. The van der Waals surface area contributed by atoms with Crippen molar-refractivity contribution in [2.45, 2.75) is 31.2 Å². The fraction of sp³-hybridized carbons (Fsp3) is 0.200. The zero-order valence-electron chi connectivity index (χ0n) is 15.2. The SMILES string of the molecule is Cc1cccc(-n2ccnc2S[C@@H](C)C(=O)Nc2ccc(F)cc2F)c1C. The Morgan fingerprint density at radius 3 is 2.74 bits per heavy atom. The molecule has 1 heterocycles. The van der Waals surface area contributed by atoms with Crippen molar-refractivity contribution >= 4 is 23.4 Å². The summed E-state index contributed by atoms with van der Waals surface area (Å²) in [6, 6.07) is 9.05. The highest BCUT2D eigenvalue weighted by Gasteiger charge is 2.19. The van der Waals surface area contributed by atoms with Crippen LogP contribution in [0.25, 0.3) is 5.69 Å². The Bertz CT molecular complexity index is 987. The first-order valence-corrected chi connectivity index (χ1v) is 9.27. The lowest BCUT2D eigenvalue weighted by Gasteiger charge is -2.15. The van der Waals surface area contributed by atoms with Crippen LogP contribution in [0.1, 0.15) is 18.1 Å². The topological polar surface area (TPSA) is 46.9 Å². The molecule has 0 fully saturated rings. The monoisotopic (exact) mass is 387 g/mol. The number of imidazole rings is 1. The highest BCUT2D eigenvalue weighted by Crippen LogP contribution is 2.28. The van der Waals surface area contributed by atoms with Gasteiger partial charge in [0.2, 0.25) is 5.91 Å². The summed E-state index contributed by atoms with van der Waals surface area (Å²) in [6.07, 6.45) is 3.52. The molecule has 0 unspecified atom stereocenters. The summed E-state index contributed by atoms with van der Waals surface area (Å²) < 4.78 is 28.7. The Labute approximate surface area is 160 Å². The smallest absolute Gasteiger partial charge is 0.237 e. The van der Waals surface area contributed by atoms with Gasteiger partial charge in [0, 0.05) is 18.5 Å². The molecule has 0 radical (unpaired) electrons. The second-order valence-electron chi connectivity index (χ2n) is 6.17. The van der Waals surface area contributed by atoms with E-state index >= 15 is 0 Å². The van der Waals surface area contributed by atoms with Gasteiger partial charge in [0.15, 0.2) is 5.16 Å². The van der Waals surface area contributed by atoms with Crippen LogP contribution in [0.3, 0.4) is 0 Å². The highest BCUT2D eigenvalue weighted by atomic mass is 32.2. The number of hydrogen-bond donors (Lipinski definition) is 1. The molecule has 1 N–H and O–H groups in total. The fourth-order valence-corrected chi connectivity index (χ4v) is 3.47. The van der Waals surface area contributed by atoms with Crippen LogP contribution in [0, 0.1) is 25.5 Å². The Balaban J connectivity index is 1.77. The van der Waals surface area contributed by atoms with Crippen molar-refractivity contribution in [1.82, 2.24) is 9.55 Å². The van der Waals surface area contributed by atoms with E-state index in [2.05, 4.69) is 10.3 Å².